The van der Waals surface area contributed by atoms with Gasteiger partial charge in [0.2, 0.25) is 17.1 Å². The van der Waals surface area contributed by atoms with Crippen LogP contribution in [0.1, 0.15) is 39.1 Å². The van der Waals surface area contributed by atoms with Gasteiger partial charge in [0.1, 0.15) is 12.2 Å². The number of imide groups is 1. The Kier molecular flexibility index (Phi) is 4.10. The smallest absolute Gasteiger partial charge is 0.277 e. The molecule has 0 atom stereocenters. The van der Waals surface area contributed by atoms with Crippen LogP contribution < -0.4 is 5.32 Å². The van der Waals surface area contributed by atoms with Crippen LogP contribution in [0.5, 0.6) is 0 Å². The molecule has 0 spiro atoms. The van der Waals surface area contributed by atoms with Crippen LogP contribution in [0.15, 0.2) is 5.70 Å². The standard InChI is InChI=1S/C14H17ClN4O3/c1-7(20)19-6-10(21)16-9(12(19)22)5-8-11(14(2,3)4)18-13(15)17-8/h5H,6H2,1-4H3,(H,16,21)(H,17,18). The lowest BCUT2D eigenvalue weighted by atomic mass is 9.90. The molecule has 1 aliphatic heterocycles. The van der Waals surface area contributed by atoms with Gasteiger partial charge in [-0.15, -0.1) is 0 Å². The molecule has 1 fully saturated rings. The Morgan fingerprint density at radius 3 is 2.55 bits per heavy atom. The van der Waals surface area contributed by atoms with Crippen LogP contribution in [-0.2, 0) is 19.8 Å². The van der Waals surface area contributed by atoms with E-state index in [9.17, 15) is 14.4 Å². The number of nitrogens with one attached hydrogen (secondary N) is 2. The van der Waals surface area contributed by atoms with Crippen molar-refractivity contribution >= 4 is 35.4 Å². The van der Waals surface area contributed by atoms with Crippen molar-refractivity contribution < 1.29 is 14.4 Å². The van der Waals surface area contributed by atoms with Crippen molar-refractivity contribution in [2.75, 3.05) is 6.54 Å². The number of carbonyl (C=O) groups excluding carboxylic acids is 3. The second kappa shape index (κ2) is 5.57. The zero-order valence-corrected chi connectivity index (χ0v) is 13.5. The minimum absolute atomic E-state index is 0.000108. The zero-order valence-electron chi connectivity index (χ0n) is 12.8. The molecule has 3 amide bonds. The number of rotatable bonds is 1. The Morgan fingerprint density at radius 1 is 1.36 bits per heavy atom. The van der Waals surface area contributed by atoms with Crippen molar-refractivity contribution in [1.82, 2.24) is 20.2 Å². The van der Waals surface area contributed by atoms with Crippen molar-refractivity contribution in [3.05, 3.63) is 22.4 Å². The molecule has 1 saturated heterocycles. The molecule has 2 rings (SSSR count). The lowest BCUT2D eigenvalue weighted by Gasteiger charge is -2.25. The number of hydrogen-bond acceptors (Lipinski definition) is 4. The summed E-state index contributed by atoms with van der Waals surface area (Å²) in [6, 6.07) is 0. The maximum absolute atomic E-state index is 12.2. The molecular weight excluding hydrogens is 308 g/mol. The largest absolute Gasteiger partial charge is 0.332 e. The van der Waals surface area contributed by atoms with Gasteiger partial charge in [0, 0.05) is 18.0 Å². The molecule has 0 unspecified atom stereocenters. The minimum atomic E-state index is -0.564. The Labute approximate surface area is 132 Å². The van der Waals surface area contributed by atoms with Gasteiger partial charge in [-0.1, -0.05) is 20.8 Å². The van der Waals surface area contributed by atoms with E-state index >= 15 is 0 Å². The lowest BCUT2D eigenvalue weighted by Crippen LogP contribution is -2.51. The third-order valence-corrected chi connectivity index (χ3v) is 3.34. The quantitative estimate of drug-likeness (QED) is 0.759. The van der Waals surface area contributed by atoms with Gasteiger partial charge in [-0.2, -0.15) is 0 Å². The summed E-state index contributed by atoms with van der Waals surface area (Å²) < 4.78 is 0. The first kappa shape index (κ1) is 16.2. The maximum Gasteiger partial charge on any atom is 0.277 e. The zero-order chi connectivity index (χ0) is 16.7. The van der Waals surface area contributed by atoms with E-state index in [4.69, 9.17) is 11.6 Å². The molecule has 22 heavy (non-hydrogen) atoms. The highest BCUT2D eigenvalue weighted by Crippen LogP contribution is 2.27. The number of aromatic nitrogens is 2. The Bertz CT molecular complexity index is 685. The van der Waals surface area contributed by atoms with Gasteiger partial charge in [0.05, 0.1) is 5.69 Å². The molecule has 0 saturated carbocycles. The second-order valence-corrected chi connectivity index (χ2v) is 6.41. The van der Waals surface area contributed by atoms with Crippen LogP contribution in [0, 0.1) is 0 Å². The van der Waals surface area contributed by atoms with Gasteiger partial charge < -0.3 is 10.3 Å². The van der Waals surface area contributed by atoms with E-state index in [0.717, 1.165) is 10.6 Å². The maximum atomic E-state index is 12.2. The van der Waals surface area contributed by atoms with E-state index < -0.39 is 17.7 Å². The number of nitrogens with zero attached hydrogens (tertiary/aromatic N) is 2. The van der Waals surface area contributed by atoms with E-state index in [1.807, 2.05) is 20.8 Å². The van der Waals surface area contributed by atoms with Gasteiger partial charge in [-0.25, -0.2) is 4.98 Å². The minimum Gasteiger partial charge on any atom is -0.332 e. The predicted octanol–water partition coefficient (Wildman–Crippen LogP) is 1.21. The molecule has 1 aliphatic rings. The molecule has 1 aromatic heterocycles. The van der Waals surface area contributed by atoms with Gasteiger partial charge >= 0.3 is 0 Å². The van der Waals surface area contributed by atoms with Crippen molar-refractivity contribution in [3.63, 3.8) is 0 Å². The van der Waals surface area contributed by atoms with Crippen molar-refractivity contribution in [2.45, 2.75) is 33.1 Å². The molecule has 2 N–H and O–H groups in total. The second-order valence-electron chi connectivity index (χ2n) is 6.05. The number of aromatic amines is 1. The predicted molar refractivity (Wildman–Crippen MR) is 80.8 cm³/mol. The third kappa shape index (κ3) is 3.19. The van der Waals surface area contributed by atoms with E-state index in [1.165, 1.54) is 13.0 Å². The van der Waals surface area contributed by atoms with E-state index in [-0.39, 0.29) is 22.9 Å². The number of piperazine rings is 1. The number of H-pyrrole nitrogens is 1. The highest BCUT2D eigenvalue weighted by molar-refractivity contribution is 6.28. The summed E-state index contributed by atoms with van der Waals surface area (Å²) in [5.41, 5.74) is 0.896. The van der Waals surface area contributed by atoms with Crippen LogP contribution in [0.3, 0.4) is 0 Å². The molecule has 8 heteroatoms. The van der Waals surface area contributed by atoms with Crippen LogP contribution in [0.4, 0.5) is 0 Å². The van der Waals surface area contributed by atoms with E-state index in [0.29, 0.717) is 5.69 Å². The van der Waals surface area contributed by atoms with Gasteiger partial charge in [0.25, 0.3) is 5.91 Å². The fourth-order valence-electron chi connectivity index (χ4n) is 2.13. The third-order valence-electron chi connectivity index (χ3n) is 3.17. The molecule has 7 nitrogen and oxygen atoms in total. The van der Waals surface area contributed by atoms with Gasteiger partial charge in [0.15, 0.2) is 0 Å². The molecule has 1 aromatic rings. The summed E-state index contributed by atoms with van der Waals surface area (Å²) in [5, 5.41) is 2.66. The summed E-state index contributed by atoms with van der Waals surface area (Å²) in [7, 11) is 0. The molecule has 0 bridgehead atoms. The average Bonchev–Trinajstić information content (AvgIpc) is 2.74. The highest BCUT2D eigenvalue weighted by Gasteiger charge is 2.31. The summed E-state index contributed by atoms with van der Waals surface area (Å²) in [4.78, 5) is 43.3. The van der Waals surface area contributed by atoms with Gasteiger partial charge in [-0.3, -0.25) is 19.3 Å². The molecule has 0 aliphatic carbocycles. The topological polar surface area (TPSA) is 95.2 Å². The highest BCUT2D eigenvalue weighted by atomic mass is 35.5. The van der Waals surface area contributed by atoms with Crippen molar-refractivity contribution in [3.8, 4) is 0 Å². The summed E-state index contributed by atoms with van der Waals surface area (Å²) in [6.45, 7) is 6.84. The molecule has 2 heterocycles. The molecule has 0 radical (unpaired) electrons. The Balaban J connectivity index is 2.46. The van der Waals surface area contributed by atoms with Crippen LogP contribution in [0.25, 0.3) is 6.08 Å². The first-order valence-electron chi connectivity index (χ1n) is 6.69. The summed E-state index contributed by atoms with van der Waals surface area (Å²) in [5.74, 6) is -1.48. The SMILES string of the molecule is CC(=O)N1CC(=O)NC(=Cc2nc(Cl)[nH]c2C(C)(C)C)C1=O. The summed E-state index contributed by atoms with van der Waals surface area (Å²) >= 11 is 5.90. The molecule has 0 aromatic carbocycles. The normalized spacial score (nSPS) is 17.9. The number of halogens is 1. The molecular formula is C14H17ClN4O3. The summed E-state index contributed by atoms with van der Waals surface area (Å²) in [6.07, 6.45) is 1.43. The molecule has 118 valence electrons. The van der Waals surface area contributed by atoms with E-state index in [2.05, 4.69) is 15.3 Å². The fraction of sp³-hybridized carbons (Fsp3) is 0.429. The fourth-order valence-corrected chi connectivity index (χ4v) is 2.31. The van der Waals surface area contributed by atoms with Gasteiger partial charge in [-0.05, 0) is 17.7 Å². The first-order valence-corrected chi connectivity index (χ1v) is 7.07. The number of imidazole rings is 1. The number of carbonyl (C=O) groups is 3. The monoisotopic (exact) mass is 324 g/mol. The van der Waals surface area contributed by atoms with Crippen molar-refractivity contribution in [1.29, 1.82) is 0 Å². The van der Waals surface area contributed by atoms with E-state index in [1.54, 1.807) is 0 Å². The lowest BCUT2D eigenvalue weighted by molar-refractivity contribution is -0.147. The number of amides is 3. The van der Waals surface area contributed by atoms with Crippen LogP contribution >= 0.6 is 11.6 Å². The van der Waals surface area contributed by atoms with Crippen LogP contribution in [0.2, 0.25) is 5.28 Å². The van der Waals surface area contributed by atoms with Crippen LogP contribution in [-0.4, -0.2) is 39.1 Å². The van der Waals surface area contributed by atoms with Crippen molar-refractivity contribution in [2.24, 2.45) is 0 Å². The Morgan fingerprint density at radius 2 is 2.00 bits per heavy atom. The number of hydrogen-bond donors (Lipinski definition) is 2. The first-order chi connectivity index (χ1) is 10.1. The Hall–Kier alpha value is -2.15. The average molecular weight is 325 g/mol.